The van der Waals surface area contributed by atoms with E-state index in [1.54, 1.807) is 7.11 Å². The number of amidine groups is 1. The van der Waals surface area contributed by atoms with Crippen molar-refractivity contribution in [3.8, 4) is 5.75 Å². The van der Waals surface area contributed by atoms with Gasteiger partial charge in [0.15, 0.2) is 15.0 Å². The predicted molar refractivity (Wildman–Crippen MR) is 101 cm³/mol. The standard InChI is InChI=1S/C17H22N2O4S2/c1-3-4-9-16(20)18-17-19(12-7-5-6-8-14(12)23-2)13-10-25(21,22)11-15(13)24-17/h5-8,13,15H,3-4,9-11H2,1-2H3/t13-,15-/m1/s1. The molecule has 0 bridgehead atoms. The van der Waals surface area contributed by atoms with E-state index in [1.807, 2.05) is 36.1 Å². The van der Waals surface area contributed by atoms with Crippen molar-refractivity contribution in [2.45, 2.75) is 37.5 Å². The Morgan fingerprint density at radius 1 is 1.36 bits per heavy atom. The van der Waals surface area contributed by atoms with Crippen LogP contribution in [0.15, 0.2) is 29.3 Å². The molecular formula is C17H22N2O4S2. The fourth-order valence-electron chi connectivity index (χ4n) is 3.17. The third-order valence-electron chi connectivity index (χ3n) is 4.38. The van der Waals surface area contributed by atoms with Crippen LogP contribution in [0.25, 0.3) is 0 Å². The number of aliphatic imine (C=N–C) groups is 1. The fourth-order valence-corrected chi connectivity index (χ4v) is 7.09. The van der Waals surface area contributed by atoms with Gasteiger partial charge in [-0.1, -0.05) is 37.2 Å². The molecule has 3 rings (SSSR count). The zero-order valence-corrected chi connectivity index (χ0v) is 16.0. The van der Waals surface area contributed by atoms with Crippen molar-refractivity contribution >= 4 is 38.4 Å². The molecule has 136 valence electrons. The number of sulfone groups is 1. The van der Waals surface area contributed by atoms with Crippen LogP contribution in [0, 0.1) is 0 Å². The van der Waals surface area contributed by atoms with E-state index in [0.29, 0.717) is 17.3 Å². The van der Waals surface area contributed by atoms with Gasteiger partial charge in [-0.25, -0.2) is 8.42 Å². The summed E-state index contributed by atoms with van der Waals surface area (Å²) in [4.78, 5) is 18.3. The molecule has 0 N–H and O–H groups in total. The maximum absolute atomic E-state index is 12.2. The highest BCUT2D eigenvalue weighted by Crippen LogP contribution is 2.43. The molecule has 1 aromatic carbocycles. The molecule has 0 aliphatic carbocycles. The fraction of sp³-hybridized carbons (Fsp3) is 0.529. The second-order valence-electron chi connectivity index (χ2n) is 6.23. The summed E-state index contributed by atoms with van der Waals surface area (Å²) in [5, 5.41) is 0.475. The number of amides is 1. The average Bonchev–Trinajstić information content (AvgIpc) is 3.03. The Hall–Kier alpha value is -1.54. The molecular weight excluding hydrogens is 360 g/mol. The number of hydrogen-bond acceptors (Lipinski definition) is 5. The van der Waals surface area contributed by atoms with E-state index >= 15 is 0 Å². The summed E-state index contributed by atoms with van der Waals surface area (Å²) in [7, 11) is -1.50. The van der Waals surface area contributed by atoms with Gasteiger partial charge in [0.2, 0.25) is 5.91 Å². The van der Waals surface area contributed by atoms with Crippen LogP contribution < -0.4 is 9.64 Å². The first-order valence-electron chi connectivity index (χ1n) is 8.36. The second-order valence-corrected chi connectivity index (χ2v) is 9.59. The lowest BCUT2D eigenvalue weighted by Gasteiger charge is -2.26. The SMILES string of the molecule is CCCCC(=O)N=C1S[C@@H]2CS(=O)(=O)C[C@H]2N1c1ccccc1OC. The second kappa shape index (κ2) is 7.37. The first kappa shape index (κ1) is 18.3. The number of anilines is 1. The van der Waals surface area contributed by atoms with Crippen LogP contribution in [0.4, 0.5) is 5.69 Å². The van der Waals surface area contributed by atoms with E-state index in [1.165, 1.54) is 11.8 Å². The van der Waals surface area contributed by atoms with Crippen LogP contribution in [0.5, 0.6) is 5.75 Å². The summed E-state index contributed by atoms with van der Waals surface area (Å²) in [6, 6.07) is 7.21. The third kappa shape index (κ3) is 3.84. The minimum absolute atomic E-state index is 0.0743. The van der Waals surface area contributed by atoms with Crippen molar-refractivity contribution in [2.24, 2.45) is 4.99 Å². The summed E-state index contributed by atoms with van der Waals surface area (Å²) in [5.74, 6) is 0.676. The summed E-state index contributed by atoms with van der Waals surface area (Å²) >= 11 is 1.39. The quantitative estimate of drug-likeness (QED) is 0.779. The van der Waals surface area contributed by atoms with Gasteiger partial charge in [-0.05, 0) is 18.6 Å². The summed E-state index contributed by atoms with van der Waals surface area (Å²) in [6.07, 6.45) is 2.15. The van der Waals surface area contributed by atoms with Crippen molar-refractivity contribution in [2.75, 3.05) is 23.5 Å². The number of rotatable bonds is 5. The molecule has 2 aliphatic heterocycles. The Kier molecular flexibility index (Phi) is 5.38. The molecule has 25 heavy (non-hydrogen) atoms. The first-order valence-corrected chi connectivity index (χ1v) is 11.1. The van der Waals surface area contributed by atoms with Gasteiger partial charge in [0, 0.05) is 11.7 Å². The lowest BCUT2D eigenvalue weighted by Crippen LogP contribution is -2.38. The Morgan fingerprint density at radius 2 is 2.12 bits per heavy atom. The van der Waals surface area contributed by atoms with Gasteiger partial charge in [0.05, 0.1) is 30.3 Å². The molecule has 2 saturated heterocycles. The number of para-hydroxylation sites is 2. The minimum atomic E-state index is -3.08. The topological polar surface area (TPSA) is 76.0 Å². The largest absolute Gasteiger partial charge is 0.495 e. The van der Waals surface area contributed by atoms with Crippen molar-refractivity contribution in [1.29, 1.82) is 0 Å². The number of benzene rings is 1. The van der Waals surface area contributed by atoms with Gasteiger partial charge >= 0.3 is 0 Å². The Balaban J connectivity index is 1.98. The van der Waals surface area contributed by atoms with E-state index in [4.69, 9.17) is 4.74 Å². The lowest BCUT2D eigenvalue weighted by molar-refractivity contribution is -0.117. The molecule has 0 radical (unpaired) electrons. The first-order chi connectivity index (χ1) is 11.9. The van der Waals surface area contributed by atoms with Crippen LogP contribution in [0.2, 0.25) is 0 Å². The van der Waals surface area contributed by atoms with Crippen LogP contribution >= 0.6 is 11.8 Å². The highest BCUT2D eigenvalue weighted by Gasteiger charge is 2.49. The van der Waals surface area contributed by atoms with Crippen molar-refractivity contribution < 1.29 is 17.9 Å². The molecule has 6 nitrogen and oxygen atoms in total. The zero-order chi connectivity index (χ0) is 18.0. The van der Waals surface area contributed by atoms with Gasteiger partial charge in [0.25, 0.3) is 0 Å². The lowest BCUT2D eigenvalue weighted by atomic mass is 10.2. The van der Waals surface area contributed by atoms with E-state index in [0.717, 1.165) is 18.5 Å². The maximum Gasteiger partial charge on any atom is 0.248 e. The molecule has 0 spiro atoms. The maximum atomic E-state index is 12.2. The number of methoxy groups -OCH3 is 1. The van der Waals surface area contributed by atoms with Gasteiger partial charge in [0.1, 0.15) is 5.75 Å². The molecule has 8 heteroatoms. The van der Waals surface area contributed by atoms with Crippen molar-refractivity contribution in [1.82, 2.24) is 0 Å². The molecule has 0 unspecified atom stereocenters. The van der Waals surface area contributed by atoms with E-state index in [-0.39, 0.29) is 28.7 Å². The van der Waals surface area contributed by atoms with Crippen LogP contribution in [0.3, 0.4) is 0 Å². The van der Waals surface area contributed by atoms with Gasteiger partial charge in [-0.2, -0.15) is 4.99 Å². The predicted octanol–water partition coefficient (Wildman–Crippen LogP) is 2.49. The van der Waals surface area contributed by atoms with E-state index < -0.39 is 9.84 Å². The number of carbonyl (C=O) groups is 1. The number of unbranched alkanes of at least 4 members (excludes halogenated alkanes) is 1. The number of hydrogen-bond donors (Lipinski definition) is 0. The zero-order valence-electron chi connectivity index (χ0n) is 14.3. The van der Waals surface area contributed by atoms with Gasteiger partial charge in [-0.3, -0.25) is 4.79 Å². The average molecular weight is 383 g/mol. The summed E-state index contributed by atoms with van der Waals surface area (Å²) in [6.45, 7) is 2.03. The molecule has 2 atom stereocenters. The van der Waals surface area contributed by atoms with Crippen molar-refractivity contribution in [3.05, 3.63) is 24.3 Å². The smallest absolute Gasteiger partial charge is 0.248 e. The Bertz CT molecular complexity index is 792. The monoisotopic (exact) mass is 382 g/mol. The number of fused-ring (bicyclic) bond motifs is 1. The number of thioether (sulfide) groups is 1. The molecule has 0 saturated carbocycles. The van der Waals surface area contributed by atoms with Gasteiger partial charge in [-0.15, -0.1) is 0 Å². The summed E-state index contributed by atoms with van der Waals surface area (Å²) in [5.41, 5.74) is 0.754. The number of carbonyl (C=O) groups excluding carboxylic acids is 1. The molecule has 2 fully saturated rings. The van der Waals surface area contributed by atoms with E-state index in [2.05, 4.69) is 4.99 Å². The highest BCUT2D eigenvalue weighted by atomic mass is 32.2. The summed E-state index contributed by atoms with van der Waals surface area (Å²) < 4.78 is 29.6. The van der Waals surface area contributed by atoms with Crippen LogP contribution in [-0.4, -0.2) is 49.4 Å². The minimum Gasteiger partial charge on any atom is -0.495 e. The van der Waals surface area contributed by atoms with Gasteiger partial charge < -0.3 is 9.64 Å². The molecule has 1 aromatic rings. The third-order valence-corrected chi connectivity index (χ3v) is 7.59. The Morgan fingerprint density at radius 3 is 2.84 bits per heavy atom. The normalized spacial score (nSPS) is 26.0. The molecule has 0 aromatic heterocycles. The van der Waals surface area contributed by atoms with Crippen molar-refractivity contribution in [3.63, 3.8) is 0 Å². The van der Waals surface area contributed by atoms with Crippen LogP contribution in [0.1, 0.15) is 26.2 Å². The molecule has 1 amide bonds. The number of ether oxygens (including phenoxy) is 1. The molecule has 2 heterocycles. The highest BCUT2D eigenvalue weighted by molar-refractivity contribution is 8.16. The number of nitrogens with zero attached hydrogens (tertiary/aromatic N) is 2. The molecule has 2 aliphatic rings. The van der Waals surface area contributed by atoms with E-state index in [9.17, 15) is 13.2 Å². The Labute approximate surface area is 152 Å². The van der Waals surface area contributed by atoms with Crippen LogP contribution in [-0.2, 0) is 14.6 Å².